The Labute approximate surface area is 221 Å². The van der Waals surface area contributed by atoms with Gasteiger partial charge in [0.25, 0.3) is 5.91 Å². The molecular weight excluding hydrogens is 488 g/mol. The van der Waals surface area contributed by atoms with Gasteiger partial charge in [0.15, 0.2) is 17.3 Å². The fourth-order valence-corrected chi connectivity index (χ4v) is 4.61. The number of hydrogen-bond acceptors (Lipinski definition) is 7. The smallest absolute Gasteiger partial charge is 0.283 e. The number of ether oxygens (including phenoxy) is 3. The minimum Gasteiger partial charge on any atom is -0.490 e. The zero-order chi connectivity index (χ0) is 26.4. The maximum Gasteiger partial charge on any atom is 0.283 e. The Balaban J connectivity index is 1.41. The Morgan fingerprint density at radius 3 is 2.49 bits per heavy atom. The van der Waals surface area contributed by atoms with Crippen molar-refractivity contribution in [1.29, 1.82) is 5.41 Å². The average molecular weight is 521 g/mol. The van der Waals surface area contributed by atoms with Gasteiger partial charge in [-0.05, 0) is 78.9 Å². The molecule has 0 saturated heterocycles. The number of amidine groups is 2. The van der Waals surface area contributed by atoms with E-state index < -0.39 is 5.91 Å². The fraction of sp³-hybridized carbons (Fsp3) is 0.357. The third-order valence-electron chi connectivity index (χ3n) is 6.05. The van der Waals surface area contributed by atoms with Crippen molar-refractivity contribution in [2.24, 2.45) is 10.1 Å². The Morgan fingerprint density at radius 1 is 1.03 bits per heavy atom. The highest BCUT2D eigenvalue weighted by atomic mass is 32.2. The quantitative estimate of drug-likeness (QED) is 0.285. The van der Waals surface area contributed by atoms with E-state index in [-0.39, 0.29) is 11.4 Å². The van der Waals surface area contributed by atoms with Crippen LogP contribution in [0.25, 0.3) is 6.08 Å². The molecule has 0 unspecified atom stereocenters. The van der Waals surface area contributed by atoms with Crippen molar-refractivity contribution in [3.05, 3.63) is 59.2 Å². The van der Waals surface area contributed by atoms with E-state index in [1.165, 1.54) is 22.3 Å². The standard InChI is InChI=1S/C28H32N4O4S/c1-5-18(4)20-9-11-21(12-10-20)35-14-15-36-23-13-8-19(17-24(23)34-7-3)16-22-26(29)32-28(30-27(22)33)37-25(6-2)31-32/h8-13,16-18,29H,5-7,14-15H2,1-4H3/b22-16+,29-26?/t18-/m1/s1. The van der Waals surface area contributed by atoms with Crippen LogP contribution >= 0.6 is 11.8 Å². The molecule has 0 fully saturated rings. The first-order chi connectivity index (χ1) is 17.9. The van der Waals surface area contributed by atoms with Crippen LogP contribution in [0.5, 0.6) is 17.2 Å². The van der Waals surface area contributed by atoms with E-state index in [1.54, 1.807) is 18.2 Å². The number of carbonyl (C=O) groups excluding carboxylic acids is 1. The molecule has 2 aliphatic heterocycles. The first-order valence-electron chi connectivity index (χ1n) is 12.5. The van der Waals surface area contributed by atoms with Crippen molar-refractivity contribution in [1.82, 2.24) is 5.01 Å². The number of carbonyl (C=O) groups is 1. The Bertz CT molecular complexity index is 1250. The number of aliphatic imine (C=N–C) groups is 1. The Hall–Kier alpha value is -3.59. The normalized spacial score (nSPS) is 16.9. The molecule has 9 heteroatoms. The van der Waals surface area contributed by atoms with E-state index in [9.17, 15) is 4.79 Å². The van der Waals surface area contributed by atoms with Crippen LogP contribution in [0.1, 0.15) is 57.6 Å². The minimum atomic E-state index is -0.455. The summed E-state index contributed by atoms with van der Waals surface area (Å²) in [4.78, 5) is 16.7. The summed E-state index contributed by atoms with van der Waals surface area (Å²) in [6.07, 6.45) is 3.45. The third kappa shape index (κ3) is 6.22. The van der Waals surface area contributed by atoms with Crippen LogP contribution in [0, 0.1) is 5.41 Å². The van der Waals surface area contributed by atoms with Crippen LogP contribution in [0.15, 0.2) is 58.1 Å². The molecule has 1 amide bonds. The lowest BCUT2D eigenvalue weighted by Crippen LogP contribution is -2.35. The number of fused-ring (bicyclic) bond motifs is 1. The van der Waals surface area contributed by atoms with Crippen molar-refractivity contribution >= 4 is 39.8 Å². The summed E-state index contributed by atoms with van der Waals surface area (Å²) in [6.45, 7) is 9.46. The third-order valence-corrected chi connectivity index (χ3v) is 7.10. The second kappa shape index (κ2) is 12.1. The molecule has 1 N–H and O–H groups in total. The summed E-state index contributed by atoms with van der Waals surface area (Å²) in [5.41, 5.74) is 2.18. The van der Waals surface area contributed by atoms with Gasteiger partial charge in [0, 0.05) is 0 Å². The molecule has 0 bridgehead atoms. The van der Waals surface area contributed by atoms with E-state index in [4.69, 9.17) is 19.6 Å². The van der Waals surface area contributed by atoms with Crippen LogP contribution in [-0.2, 0) is 4.79 Å². The molecule has 0 aromatic heterocycles. The molecule has 37 heavy (non-hydrogen) atoms. The lowest BCUT2D eigenvalue weighted by Gasteiger charge is -2.20. The average Bonchev–Trinajstić information content (AvgIpc) is 3.33. The number of hydrazone groups is 1. The highest BCUT2D eigenvalue weighted by Crippen LogP contribution is 2.32. The highest BCUT2D eigenvalue weighted by molar-refractivity contribution is 8.26. The molecule has 0 saturated carbocycles. The van der Waals surface area contributed by atoms with Gasteiger partial charge in [-0.25, -0.2) is 0 Å². The fourth-order valence-electron chi connectivity index (χ4n) is 3.78. The summed E-state index contributed by atoms with van der Waals surface area (Å²) in [5, 5.41) is 15.5. The van der Waals surface area contributed by atoms with Crippen LogP contribution in [0.4, 0.5) is 0 Å². The monoisotopic (exact) mass is 520 g/mol. The van der Waals surface area contributed by atoms with Gasteiger partial charge < -0.3 is 14.2 Å². The lowest BCUT2D eigenvalue weighted by molar-refractivity contribution is -0.114. The molecule has 2 aromatic rings. The van der Waals surface area contributed by atoms with Gasteiger partial charge >= 0.3 is 0 Å². The van der Waals surface area contributed by atoms with E-state index >= 15 is 0 Å². The predicted octanol–water partition coefficient (Wildman–Crippen LogP) is 6.09. The molecular formula is C28H32N4O4S. The summed E-state index contributed by atoms with van der Waals surface area (Å²) >= 11 is 1.32. The van der Waals surface area contributed by atoms with Crippen molar-refractivity contribution in [3.8, 4) is 17.2 Å². The SMILES string of the molecule is CCOc1cc(/C=C2\C(=N)N3N=C(CC)SC3=NC2=O)ccc1OCCOc1ccc([C@H](C)CC)cc1. The minimum absolute atomic E-state index is 0.0126. The largest absolute Gasteiger partial charge is 0.490 e. The lowest BCUT2D eigenvalue weighted by atomic mass is 9.99. The van der Waals surface area contributed by atoms with Gasteiger partial charge in [-0.2, -0.15) is 15.1 Å². The van der Waals surface area contributed by atoms with E-state index in [2.05, 4.69) is 36.1 Å². The first-order valence-corrected chi connectivity index (χ1v) is 13.4. The van der Waals surface area contributed by atoms with Crippen LogP contribution in [0.3, 0.4) is 0 Å². The molecule has 1 atom stereocenters. The molecule has 8 nitrogen and oxygen atoms in total. The summed E-state index contributed by atoms with van der Waals surface area (Å²) < 4.78 is 17.5. The molecule has 0 radical (unpaired) electrons. The molecule has 2 heterocycles. The predicted molar refractivity (Wildman–Crippen MR) is 149 cm³/mol. The maximum absolute atomic E-state index is 12.6. The maximum atomic E-state index is 12.6. The van der Waals surface area contributed by atoms with E-state index in [0.717, 1.165) is 23.6 Å². The summed E-state index contributed by atoms with van der Waals surface area (Å²) in [5.74, 6) is 2.03. The van der Waals surface area contributed by atoms with E-state index in [0.29, 0.717) is 48.0 Å². The number of hydrogen-bond donors (Lipinski definition) is 1. The summed E-state index contributed by atoms with van der Waals surface area (Å²) in [6, 6.07) is 13.6. The zero-order valence-corrected chi connectivity index (χ0v) is 22.4. The Kier molecular flexibility index (Phi) is 8.66. The van der Waals surface area contributed by atoms with Crippen LogP contribution in [0.2, 0.25) is 0 Å². The van der Waals surface area contributed by atoms with Crippen LogP contribution < -0.4 is 14.2 Å². The number of benzene rings is 2. The second-order valence-corrected chi connectivity index (χ2v) is 9.62. The van der Waals surface area contributed by atoms with Gasteiger partial charge in [0.2, 0.25) is 5.17 Å². The number of amides is 1. The number of nitrogens with one attached hydrogen (secondary N) is 1. The van der Waals surface area contributed by atoms with Gasteiger partial charge in [-0.15, -0.1) is 0 Å². The molecule has 194 valence electrons. The number of thioether (sulfide) groups is 1. The topological polar surface area (TPSA) is 96.6 Å². The van der Waals surface area contributed by atoms with E-state index in [1.807, 2.05) is 32.0 Å². The van der Waals surface area contributed by atoms with Crippen molar-refractivity contribution in [2.75, 3.05) is 19.8 Å². The molecule has 0 spiro atoms. The van der Waals surface area contributed by atoms with Crippen LogP contribution in [-0.4, -0.2) is 46.8 Å². The van der Waals surface area contributed by atoms with Crippen molar-refractivity contribution < 1.29 is 19.0 Å². The molecule has 0 aliphatic carbocycles. The zero-order valence-electron chi connectivity index (χ0n) is 21.6. The molecule has 2 aliphatic rings. The van der Waals surface area contributed by atoms with Gasteiger partial charge in [-0.1, -0.05) is 39.0 Å². The van der Waals surface area contributed by atoms with Crippen molar-refractivity contribution in [3.63, 3.8) is 0 Å². The first kappa shape index (κ1) is 26.5. The Morgan fingerprint density at radius 2 is 1.78 bits per heavy atom. The van der Waals surface area contributed by atoms with Crippen molar-refractivity contribution in [2.45, 2.75) is 46.5 Å². The summed E-state index contributed by atoms with van der Waals surface area (Å²) in [7, 11) is 0. The highest BCUT2D eigenvalue weighted by Gasteiger charge is 2.35. The second-order valence-electron chi connectivity index (χ2n) is 8.58. The number of nitrogens with zero attached hydrogens (tertiary/aromatic N) is 3. The molecule has 4 rings (SSSR count). The number of rotatable bonds is 11. The van der Waals surface area contributed by atoms with Gasteiger partial charge in [0.05, 0.1) is 12.2 Å². The van der Waals surface area contributed by atoms with Gasteiger partial charge in [-0.3, -0.25) is 10.2 Å². The molecule has 2 aromatic carbocycles. The van der Waals surface area contributed by atoms with Gasteiger partial charge in [0.1, 0.15) is 24.0 Å².